The van der Waals surface area contributed by atoms with E-state index in [1.54, 1.807) is 7.11 Å². The van der Waals surface area contributed by atoms with Gasteiger partial charge in [0.2, 0.25) is 5.88 Å². The second-order valence-corrected chi connectivity index (χ2v) is 5.49. The fraction of sp³-hybridized carbons (Fsp3) is 0.438. The molecule has 0 amide bonds. The zero-order valence-corrected chi connectivity index (χ0v) is 12.8. The Bertz CT molecular complexity index is 592. The number of likely N-dealkylation sites (tertiary alicyclic amines) is 1. The predicted octanol–water partition coefficient (Wildman–Crippen LogP) is 1.61. The second-order valence-electron chi connectivity index (χ2n) is 5.49. The van der Waals surface area contributed by atoms with E-state index >= 15 is 0 Å². The lowest BCUT2D eigenvalue weighted by atomic mass is 10.2. The molecule has 1 atom stereocenters. The Kier molecular flexibility index (Phi) is 4.80. The highest BCUT2D eigenvalue weighted by Gasteiger charge is 2.22. The SMILES string of the molecule is COc1cc(NC2CCN(CCc3cccnc3)C2)ncn1. The van der Waals surface area contributed by atoms with E-state index in [-0.39, 0.29) is 0 Å². The number of rotatable bonds is 6. The lowest BCUT2D eigenvalue weighted by Gasteiger charge is -2.17. The molecular formula is C16H21N5O. The van der Waals surface area contributed by atoms with Crippen LogP contribution in [0.1, 0.15) is 12.0 Å². The summed E-state index contributed by atoms with van der Waals surface area (Å²) in [4.78, 5) is 14.9. The van der Waals surface area contributed by atoms with Gasteiger partial charge < -0.3 is 15.0 Å². The van der Waals surface area contributed by atoms with Crippen LogP contribution in [0.5, 0.6) is 5.88 Å². The molecule has 22 heavy (non-hydrogen) atoms. The molecule has 3 heterocycles. The molecule has 1 saturated heterocycles. The molecule has 1 aliphatic rings. The van der Waals surface area contributed by atoms with E-state index < -0.39 is 0 Å². The van der Waals surface area contributed by atoms with Crippen molar-refractivity contribution in [1.29, 1.82) is 0 Å². The molecule has 2 aromatic rings. The second kappa shape index (κ2) is 7.17. The summed E-state index contributed by atoms with van der Waals surface area (Å²) in [7, 11) is 1.61. The standard InChI is InChI=1S/C16H21N5O/c1-22-16-9-15(18-12-19-16)20-14-5-8-21(11-14)7-4-13-3-2-6-17-10-13/h2-3,6,9-10,12,14H,4-5,7-8,11H2,1H3,(H,18,19,20). The summed E-state index contributed by atoms with van der Waals surface area (Å²) < 4.78 is 5.12. The molecule has 6 heteroatoms. The van der Waals surface area contributed by atoms with Crippen LogP contribution in [-0.4, -0.2) is 52.6 Å². The highest BCUT2D eigenvalue weighted by Crippen LogP contribution is 2.17. The van der Waals surface area contributed by atoms with Crippen molar-refractivity contribution in [2.45, 2.75) is 18.9 Å². The van der Waals surface area contributed by atoms with Crippen LogP contribution < -0.4 is 10.1 Å². The third kappa shape index (κ3) is 3.92. The Balaban J connectivity index is 1.47. The average molecular weight is 299 g/mol. The van der Waals surface area contributed by atoms with Gasteiger partial charge in [-0.05, 0) is 24.5 Å². The zero-order valence-electron chi connectivity index (χ0n) is 12.8. The van der Waals surface area contributed by atoms with E-state index in [9.17, 15) is 0 Å². The Labute approximate surface area is 130 Å². The van der Waals surface area contributed by atoms with Crippen molar-refractivity contribution >= 4 is 5.82 Å². The maximum Gasteiger partial charge on any atom is 0.218 e. The lowest BCUT2D eigenvalue weighted by molar-refractivity contribution is 0.340. The number of nitrogens with zero attached hydrogens (tertiary/aromatic N) is 4. The minimum atomic E-state index is 0.425. The molecule has 3 rings (SSSR count). The van der Waals surface area contributed by atoms with Crippen molar-refractivity contribution < 1.29 is 4.74 Å². The maximum atomic E-state index is 5.12. The third-order valence-corrected chi connectivity index (χ3v) is 3.92. The Morgan fingerprint density at radius 3 is 3.18 bits per heavy atom. The molecule has 116 valence electrons. The van der Waals surface area contributed by atoms with Crippen molar-refractivity contribution in [2.24, 2.45) is 0 Å². The molecule has 0 saturated carbocycles. The van der Waals surface area contributed by atoms with Gasteiger partial charge in [-0.25, -0.2) is 9.97 Å². The fourth-order valence-corrected chi connectivity index (χ4v) is 2.73. The molecule has 1 N–H and O–H groups in total. The number of hydrogen-bond acceptors (Lipinski definition) is 6. The van der Waals surface area contributed by atoms with Crippen molar-refractivity contribution in [3.05, 3.63) is 42.5 Å². The molecule has 1 unspecified atom stereocenters. The predicted molar refractivity (Wildman–Crippen MR) is 85.0 cm³/mol. The molecule has 0 bridgehead atoms. The molecule has 0 radical (unpaired) electrons. The van der Waals surface area contributed by atoms with Crippen LogP contribution in [-0.2, 0) is 6.42 Å². The van der Waals surface area contributed by atoms with Gasteiger partial charge in [0, 0.05) is 44.1 Å². The summed E-state index contributed by atoms with van der Waals surface area (Å²) in [5.74, 6) is 1.41. The van der Waals surface area contributed by atoms with E-state index in [1.165, 1.54) is 11.9 Å². The van der Waals surface area contributed by atoms with Crippen molar-refractivity contribution in [2.75, 3.05) is 32.1 Å². The maximum absolute atomic E-state index is 5.12. The first-order valence-corrected chi connectivity index (χ1v) is 7.57. The van der Waals surface area contributed by atoms with E-state index in [0.717, 1.165) is 38.3 Å². The molecule has 0 spiro atoms. The van der Waals surface area contributed by atoms with Crippen LogP contribution in [0.4, 0.5) is 5.82 Å². The minimum absolute atomic E-state index is 0.425. The number of aromatic nitrogens is 3. The topological polar surface area (TPSA) is 63.2 Å². The highest BCUT2D eigenvalue weighted by molar-refractivity contribution is 5.38. The van der Waals surface area contributed by atoms with Crippen LogP contribution in [0.2, 0.25) is 0 Å². The minimum Gasteiger partial charge on any atom is -0.481 e. The fourth-order valence-electron chi connectivity index (χ4n) is 2.73. The first-order chi connectivity index (χ1) is 10.8. The van der Waals surface area contributed by atoms with Gasteiger partial charge in [0.25, 0.3) is 0 Å². The summed E-state index contributed by atoms with van der Waals surface area (Å²) in [6, 6.07) is 6.38. The van der Waals surface area contributed by atoms with Gasteiger partial charge in [-0.3, -0.25) is 4.98 Å². The molecule has 6 nitrogen and oxygen atoms in total. The Morgan fingerprint density at radius 1 is 1.41 bits per heavy atom. The summed E-state index contributed by atoms with van der Waals surface area (Å²) in [6.07, 6.45) is 7.45. The number of nitrogens with one attached hydrogen (secondary N) is 1. The Morgan fingerprint density at radius 2 is 2.36 bits per heavy atom. The van der Waals surface area contributed by atoms with Gasteiger partial charge in [0.15, 0.2) is 0 Å². The first-order valence-electron chi connectivity index (χ1n) is 7.57. The van der Waals surface area contributed by atoms with Gasteiger partial charge in [-0.15, -0.1) is 0 Å². The number of methoxy groups -OCH3 is 1. The summed E-state index contributed by atoms with van der Waals surface area (Å²) in [5.41, 5.74) is 1.29. The number of ether oxygens (including phenoxy) is 1. The normalized spacial score (nSPS) is 18.3. The van der Waals surface area contributed by atoms with Crippen molar-refractivity contribution in [1.82, 2.24) is 19.9 Å². The van der Waals surface area contributed by atoms with Crippen LogP contribution in [0.15, 0.2) is 36.9 Å². The Hall–Kier alpha value is -2.21. The van der Waals surface area contributed by atoms with Gasteiger partial charge in [-0.2, -0.15) is 0 Å². The molecule has 0 aliphatic carbocycles. The molecular weight excluding hydrogens is 278 g/mol. The molecule has 0 aromatic carbocycles. The third-order valence-electron chi connectivity index (χ3n) is 3.92. The molecule has 2 aromatic heterocycles. The van der Waals surface area contributed by atoms with E-state index in [0.29, 0.717) is 11.9 Å². The van der Waals surface area contributed by atoms with Crippen LogP contribution >= 0.6 is 0 Å². The van der Waals surface area contributed by atoms with E-state index in [2.05, 4.69) is 31.2 Å². The van der Waals surface area contributed by atoms with Gasteiger partial charge >= 0.3 is 0 Å². The average Bonchev–Trinajstić information content (AvgIpc) is 3.01. The monoisotopic (exact) mass is 299 g/mol. The van der Waals surface area contributed by atoms with Crippen LogP contribution in [0, 0.1) is 0 Å². The zero-order chi connectivity index (χ0) is 15.2. The summed E-state index contributed by atoms with van der Waals surface area (Å²) in [6.45, 7) is 3.21. The highest BCUT2D eigenvalue weighted by atomic mass is 16.5. The quantitative estimate of drug-likeness (QED) is 0.874. The number of pyridine rings is 1. The molecule has 1 fully saturated rings. The lowest BCUT2D eigenvalue weighted by Crippen LogP contribution is -2.28. The van der Waals surface area contributed by atoms with Gasteiger partial charge in [0.1, 0.15) is 12.1 Å². The largest absolute Gasteiger partial charge is 0.481 e. The van der Waals surface area contributed by atoms with E-state index in [4.69, 9.17) is 4.74 Å². The van der Waals surface area contributed by atoms with Crippen LogP contribution in [0.3, 0.4) is 0 Å². The van der Waals surface area contributed by atoms with Gasteiger partial charge in [-0.1, -0.05) is 6.07 Å². The number of hydrogen-bond donors (Lipinski definition) is 1. The van der Waals surface area contributed by atoms with Gasteiger partial charge in [0.05, 0.1) is 7.11 Å². The smallest absolute Gasteiger partial charge is 0.218 e. The summed E-state index contributed by atoms with van der Waals surface area (Å²) in [5, 5.41) is 3.46. The van der Waals surface area contributed by atoms with Crippen LogP contribution in [0.25, 0.3) is 0 Å². The van der Waals surface area contributed by atoms with Crippen molar-refractivity contribution in [3.8, 4) is 5.88 Å². The van der Waals surface area contributed by atoms with Crippen molar-refractivity contribution in [3.63, 3.8) is 0 Å². The first kappa shape index (κ1) is 14.7. The molecule has 1 aliphatic heterocycles. The van der Waals surface area contributed by atoms with E-state index in [1.807, 2.05) is 24.5 Å². The number of anilines is 1. The summed E-state index contributed by atoms with van der Waals surface area (Å²) >= 11 is 0.